The van der Waals surface area contributed by atoms with Crippen molar-refractivity contribution in [3.8, 4) is 0 Å². The van der Waals surface area contributed by atoms with Crippen LogP contribution in [0.5, 0.6) is 0 Å². The first-order chi connectivity index (χ1) is 10.7. The van der Waals surface area contributed by atoms with Gasteiger partial charge < -0.3 is 11.1 Å². The number of nitrogens with zero attached hydrogens (tertiary/aromatic N) is 1. The van der Waals surface area contributed by atoms with E-state index in [1.165, 1.54) is 28.6 Å². The molecule has 0 aromatic heterocycles. The molecule has 1 aromatic carbocycles. The summed E-state index contributed by atoms with van der Waals surface area (Å²) >= 11 is 0. The maximum absolute atomic E-state index is 13.1. The summed E-state index contributed by atoms with van der Waals surface area (Å²) in [6.45, 7) is 2.19. The van der Waals surface area contributed by atoms with E-state index in [1.54, 1.807) is 13.8 Å². The number of rotatable bonds is 8. The lowest BCUT2D eigenvalue weighted by molar-refractivity contribution is 0.0118. The fraction of sp³-hybridized carbons (Fsp3) is 0.500. The van der Waals surface area contributed by atoms with Crippen molar-refractivity contribution in [2.24, 2.45) is 5.73 Å². The van der Waals surface area contributed by atoms with Gasteiger partial charge in [-0.3, -0.25) is 4.79 Å². The number of hydrogen-bond acceptors (Lipinski definition) is 4. The second kappa shape index (κ2) is 9.26. The minimum absolute atomic E-state index is 0. The molecule has 0 atom stereocenters. The molecular formula is C14H22ClF2N3O3S. The van der Waals surface area contributed by atoms with Crippen molar-refractivity contribution < 1.29 is 22.0 Å². The Morgan fingerprint density at radius 3 is 2.38 bits per heavy atom. The van der Waals surface area contributed by atoms with E-state index in [-0.39, 0.29) is 36.0 Å². The Hall–Kier alpha value is -1.29. The molecule has 0 unspecified atom stereocenters. The summed E-state index contributed by atoms with van der Waals surface area (Å²) in [5, 5.41) is 2.05. The van der Waals surface area contributed by atoms with E-state index in [9.17, 15) is 22.0 Å². The van der Waals surface area contributed by atoms with Crippen LogP contribution in [0.2, 0.25) is 0 Å². The Morgan fingerprint density at radius 2 is 1.88 bits per heavy atom. The molecule has 10 heteroatoms. The van der Waals surface area contributed by atoms with E-state index in [4.69, 9.17) is 5.73 Å². The summed E-state index contributed by atoms with van der Waals surface area (Å²) in [6, 6.07) is 5.28. The first kappa shape index (κ1) is 22.7. The Labute approximate surface area is 146 Å². The molecule has 0 aliphatic carbocycles. The number of carbonyl (C=O) groups excluding carboxylic acids is 1. The lowest BCUT2D eigenvalue weighted by Crippen LogP contribution is -2.41. The predicted molar refractivity (Wildman–Crippen MR) is 90.1 cm³/mol. The third-order valence-corrected chi connectivity index (χ3v) is 5.29. The fourth-order valence-electron chi connectivity index (χ4n) is 1.89. The van der Waals surface area contributed by atoms with Crippen molar-refractivity contribution in [2.45, 2.75) is 24.7 Å². The lowest BCUT2D eigenvalue weighted by atomic mass is 10.2. The van der Waals surface area contributed by atoms with Gasteiger partial charge in [-0.25, -0.2) is 17.2 Å². The van der Waals surface area contributed by atoms with Gasteiger partial charge in [-0.05, 0) is 18.2 Å². The van der Waals surface area contributed by atoms with Crippen LogP contribution < -0.4 is 11.1 Å². The van der Waals surface area contributed by atoms with Crippen LogP contribution in [-0.2, 0) is 10.0 Å². The van der Waals surface area contributed by atoms with E-state index in [0.717, 1.165) is 0 Å². The second-order valence-corrected chi connectivity index (χ2v) is 6.80. The van der Waals surface area contributed by atoms with Crippen molar-refractivity contribution in [3.63, 3.8) is 0 Å². The molecule has 0 saturated heterocycles. The molecule has 0 saturated carbocycles. The van der Waals surface area contributed by atoms with Crippen LogP contribution in [-0.4, -0.2) is 50.7 Å². The fourth-order valence-corrected chi connectivity index (χ4v) is 3.40. The topological polar surface area (TPSA) is 92.5 Å². The molecule has 0 aliphatic heterocycles. The van der Waals surface area contributed by atoms with Gasteiger partial charge in [0.2, 0.25) is 10.0 Å². The van der Waals surface area contributed by atoms with Crippen LogP contribution in [0, 0.1) is 0 Å². The largest absolute Gasteiger partial charge is 0.346 e. The first-order valence-electron chi connectivity index (χ1n) is 7.14. The number of carbonyl (C=O) groups is 1. The third kappa shape index (κ3) is 5.66. The summed E-state index contributed by atoms with van der Waals surface area (Å²) in [7, 11) is -3.72. The van der Waals surface area contributed by atoms with Gasteiger partial charge >= 0.3 is 0 Å². The van der Waals surface area contributed by atoms with Crippen molar-refractivity contribution in [1.29, 1.82) is 0 Å². The number of nitrogens with two attached hydrogens (primary N) is 1. The molecule has 0 spiro atoms. The predicted octanol–water partition coefficient (Wildman–Crippen LogP) is 1.46. The van der Waals surface area contributed by atoms with Crippen LogP contribution in [0.1, 0.15) is 24.2 Å². The quantitative estimate of drug-likeness (QED) is 0.708. The van der Waals surface area contributed by atoms with Gasteiger partial charge in [0.25, 0.3) is 11.8 Å². The van der Waals surface area contributed by atoms with Gasteiger partial charge in [-0.2, -0.15) is 4.31 Å². The Balaban J connectivity index is 0.00000529. The summed E-state index contributed by atoms with van der Waals surface area (Å²) in [5.74, 6) is -3.99. The third-order valence-electron chi connectivity index (χ3n) is 3.25. The highest BCUT2D eigenvalue weighted by Gasteiger charge is 2.28. The van der Waals surface area contributed by atoms with Crippen LogP contribution >= 0.6 is 12.4 Å². The number of benzene rings is 1. The van der Waals surface area contributed by atoms with E-state index in [1.807, 2.05) is 5.32 Å². The van der Waals surface area contributed by atoms with Gasteiger partial charge in [0.15, 0.2) is 0 Å². The first-order valence-corrected chi connectivity index (χ1v) is 8.58. The lowest BCUT2D eigenvalue weighted by Gasteiger charge is -2.19. The number of sulfonamides is 1. The molecule has 0 aliphatic rings. The molecular weight excluding hydrogens is 364 g/mol. The molecule has 24 heavy (non-hydrogen) atoms. The van der Waals surface area contributed by atoms with Crippen LogP contribution in [0.15, 0.2) is 29.2 Å². The van der Waals surface area contributed by atoms with Crippen LogP contribution in [0.3, 0.4) is 0 Å². The minimum atomic E-state index is -3.72. The molecule has 1 aromatic rings. The molecule has 138 valence electrons. The van der Waals surface area contributed by atoms with Gasteiger partial charge in [-0.15, -0.1) is 12.4 Å². The highest BCUT2D eigenvalue weighted by molar-refractivity contribution is 7.89. The van der Waals surface area contributed by atoms with Gasteiger partial charge in [0.05, 0.1) is 18.0 Å². The van der Waals surface area contributed by atoms with E-state index in [0.29, 0.717) is 0 Å². The Kier molecular flexibility index (Phi) is 8.76. The molecule has 0 fully saturated rings. The molecule has 6 nitrogen and oxygen atoms in total. The molecule has 1 rings (SSSR count). The second-order valence-electron chi connectivity index (χ2n) is 4.86. The highest BCUT2D eigenvalue weighted by Crippen LogP contribution is 2.17. The van der Waals surface area contributed by atoms with Gasteiger partial charge in [0.1, 0.15) is 0 Å². The average Bonchev–Trinajstić information content (AvgIpc) is 2.53. The van der Waals surface area contributed by atoms with E-state index < -0.39 is 34.9 Å². The minimum Gasteiger partial charge on any atom is -0.346 e. The zero-order valence-electron chi connectivity index (χ0n) is 13.5. The van der Waals surface area contributed by atoms with Crippen molar-refractivity contribution in [1.82, 2.24) is 9.62 Å². The highest BCUT2D eigenvalue weighted by atomic mass is 35.5. The van der Waals surface area contributed by atoms with E-state index in [2.05, 4.69) is 0 Å². The Morgan fingerprint density at radius 1 is 1.29 bits per heavy atom. The summed E-state index contributed by atoms with van der Waals surface area (Å²) in [4.78, 5) is 11.8. The number of halogens is 3. The van der Waals surface area contributed by atoms with Gasteiger partial charge in [0, 0.05) is 18.7 Å². The Bertz CT molecular complexity index is 652. The van der Waals surface area contributed by atoms with E-state index >= 15 is 0 Å². The average molecular weight is 386 g/mol. The van der Waals surface area contributed by atoms with Crippen molar-refractivity contribution >= 4 is 28.3 Å². The maximum atomic E-state index is 13.1. The molecule has 1 amide bonds. The SMILES string of the molecule is CCN(CC)S(=O)(=O)c1cccc(C(=O)NCC(F)(F)CN)c1.Cl. The standard InChI is InChI=1S/C14H21F2N3O3S.ClH/c1-3-19(4-2)23(21,22)12-7-5-6-11(8-12)13(20)18-10-14(15,16)9-17;/h5-8H,3-4,9-10,17H2,1-2H3,(H,18,20);1H. The molecule has 0 bridgehead atoms. The normalized spacial score (nSPS) is 11.9. The molecule has 3 N–H and O–H groups in total. The van der Waals surface area contributed by atoms with Crippen molar-refractivity contribution in [3.05, 3.63) is 29.8 Å². The van der Waals surface area contributed by atoms with Gasteiger partial charge in [-0.1, -0.05) is 19.9 Å². The smallest absolute Gasteiger partial charge is 0.277 e. The number of hydrogen-bond donors (Lipinski definition) is 2. The number of nitrogens with one attached hydrogen (secondary N) is 1. The maximum Gasteiger partial charge on any atom is 0.277 e. The summed E-state index contributed by atoms with van der Waals surface area (Å²) in [6.07, 6.45) is 0. The zero-order chi connectivity index (χ0) is 17.7. The monoisotopic (exact) mass is 385 g/mol. The molecule has 0 radical (unpaired) electrons. The van der Waals surface area contributed by atoms with Crippen molar-refractivity contribution in [2.75, 3.05) is 26.2 Å². The number of alkyl halides is 2. The molecule has 0 heterocycles. The zero-order valence-corrected chi connectivity index (χ0v) is 15.1. The van der Waals surface area contributed by atoms with Crippen LogP contribution in [0.25, 0.3) is 0 Å². The summed E-state index contributed by atoms with van der Waals surface area (Å²) in [5.41, 5.74) is 4.88. The summed E-state index contributed by atoms with van der Waals surface area (Å²) < 4.78 is 52.1. The number of amides is 1. The van der Waals surface area contributed by atoms with Crippen LogP contribution in [0.4, 0.5) is 8.78 Å².